The maximum absolute atomic E-state index is 12.7. The predicted octanol–water partition coefficient (Wildman–Crippen LogP) is 4.67. The Hall–Kier alpha value is -3.28. The van der Waals surface area contributed by atoms with Crippen molar-refractivity contribution < 1.29 is 41.4 Å². The van der Waals surface area contributed by atoms with Crippen molar-refractivity contribution in [3.05, 3.63) is 53.1 Å². The Balaban J connectivity index is 0.000000718. The van der Waals surface area contributed by atoms with Crippen LogP contribution in [-0.4, -0.2) is 50.3 Å². The molecule has 0 amide bonds. The van der Waals surface area contributed by atoms with Gasteiger partial charge >= 0.3 is 18.1 Å². The highest BCUT2D eigenvalue weighted by molar-refractivity contribution is 7.92. The standard InChI is InChI=1S/C20H26N2O4S.C2HF3O2/c1-5-6-9-22(4)19-8-7-16(13-18(19)20(23)24)21-27(25,26)17-11-14(2)10-15(3)12-17;3-2(4,5)1(6)7/h7-8,10-13,21H,5-6,9H2,1-4H3,(H,23,24);(H,6,7). The van der Waals surface area contributed by atoms with E-state index >= 15 is 0 Å². The fourth-order valence-electron chi connectivity index (χ4n) is 2.92. The van der Waals surface area contributed by atoms with Gasteiger partial charge in [0.2, 0.25) is 0 Å². The number of aryl methyl sites for hydroxylation is 2. The molecule has 12 heteroatoms. The summed E-state index contributed by atoms with van der Waals surface area (Å²) in [5, 5.41) is 16.7. The van der Waals surface area contributed by atoms with Crippen LogP contribution >= 0.6 is 0 Å². The van der Waals surface area contributed by atoms with Crippen molar-refractivity contribution in [3.8, 4) is 0 Å². The van der Waals surface area contributed by atoms with Gasteiger partial charge in [-0.1, -0.05) is 19.4 Å². The topological polar surface area (TPSA) is 124 Å². The molecule has 34 heavy (non-hydrogen) atoms. The number of hydrogen-bond donors (Lipinski definition) is 3. The summed E-state index contributed by atoms with van der Waals surface area (Å²) in [6, 6.07) is 9.65. The van der Waals surface area contributed by atoms with Crippen molar-refractivity contribution in [3.63, 3.8) is 0 Å². The summed E-state index contributed by atoms with van der Waals surface area (Å²) < 4.78 is 59.6. The van der Waals surface area contributed by atoms with E-state index in [2.05, 4.69) is 11.6 Å². The third-order valence-corrected chi connectivity index (χ3v) is 5.85. The van der Waals surface area contributed by atoms with E-state index in [0.717, 1.165) is 30.5 Å². The molecule has 2 rings (SSSR count). The summed E-state index contributed by atoms with van der Waals surface area (Å²) in [5.41, 5.74) is 2.53. The molecule has 0 aliphatic carbocycles. The first-order valence-corrected chi connectivity index (χ1v) is 11.6. The van der Waals surface area contributed by atoms with Crippen molar-refractivity contribution >= 4 is 33.3 Å². The van der Waals surface area contributed by atoms with Gasteiger partial charge in [-0.25, -0.2) is 18.0 Å². The van der Waals surface area contributed by atoms with Gasteiger partial charge in [0.15, 0.2) is 0 Å². The maximum Gasteiger partial charge on any atom is 0.490 e. The minimum absolute atomic E-state index is 0.0641. The highest BCUT2D eigenvalue weighted by Gasteiger charge is 2.38. The van der Waals surface area contributed by atoms with Gasteiger partial charge in [0, 0.05) is 19.3 Å². The SMILES string of the molecule is CCCCN(C)c1ccc(NS(=O)(=O)c2cc(C)cc(C)c2)cc1C(=O)O.O=C(O)C(F)(F)F. The minimum Gasteiger partial charge on any atom is -0.478 e. The molecular formula is C22H27F3N2O6S. The fourth-order valence-corrected chi connectivity index (χ4v) is 4.16. The van der Waals surface area contributed by atoms with Gasteiger partial charge in [-0.2, -0.15) is 13.2 Å². The van der Waals surface area contributed by atoms with Gasteiger partial charge in [0.25, 0.3) is 10.0 Å². The monoisotopic (exact) mass is 504 g/mol. The average Bonchev–Trinajstić information content (AvgIpc) is 2.70. The molecule has 0 aliphatic rings. The molecule has 0 bridgehead atoms. The van der Waals surface area contributed by atoms with Gasteiger partial charge in [-0.15, -0.1) is 0 Å². The van der Waals surface area contributed by atoms with Crippen LogP contribution in [0.5, 0.6) is 0 Å². The Kier molecular flexibility index (Phi) is 9.92. The number of anilines is 2. The number of carbonyl (C=O) groups is 2. The van der Waals surface area contributed by atoms with E-state index in [0.29, 0.717) is 5.69 Å². The molecule has 0 aromatic heterocycles. The molecule has 0 unspecified atom stereocenters. The molecule has 0 aliphatic heterocycles. The Morgan fingerprint density at radius 1 is 1.03 bits per heavy atom. The number of benzene rings is 2. The molecule has 0 saturated heterocycles. The van der Waals surface area contributed by atoms with E-state index in [1.165, 1.54) is 6.07 Å². The quantitative estimate of drug-likeness (QED) is 0.477. The van der Waals surface area contributed by atoms with Gasteiger partial charge in [0.05, 0.1) is 16.1 Å². The second-order valence-electron chi connectivity index (χ2n) is 7.54. The van der Waals surface area contributed by atoms with Gasteiger partial charge in [0.1, 0.15) is 0 Å². The van der Waals surface area contributed by atoms with Crippen LogP contribution in [0.1, 0.15) is 41.3 Å². The zero-order chi connectivity index (χ0) is 26.3. The van der Waals surface area contributed by atoms with Gasteiger partial charge < -0.3 is 15.1 Å². The Morgan fingerprint density at radius 3 is 2.00 bits per heavy atom. The van der Waals surface area contributed by atoms with Crippen molar-refractivity contribution in [2.24, 2.45) is 0 Å². The number of aliphatic carboxylic acids is 1. The van der Waals surface area contributed by atoms with Crippen molar-refractivity contribution in [2.75, 3.05) is 23.2 Å². The largest absolute Gasteiger partial charge is 0.490 e. The number of nitrogens with one attached hydrogen (secondary N) is 1. The Labute approximate surface area is 196 Å². The van der Waals surface area contributed by atoms with Crippen molar-refractivity contribution in [2.45, 2.75) is 44.7 Å². The number of halogens is 3. The number of carboxylic acid groups (broad SMARTS) is 2. The molecule has 0 fully saturated rings. The summed E-state index contributed by atoms with van der Waals surface area (Å²) in [7, 11) is -1.97. The number of aromatic carboxylic acids is 1. The predicted molar refractivity (Wildman–Crippen MR) is 122 cm³/mol. The summed E-state index contributed by atoms with van der Waals surface area (Å²) in [6.45, 7) is 6.45. The van der Waals surface area contributed by atoms with Gasteiger partial charge in [-0.3, -0.25) is 4.72 Å². The molecule has 2 aromatic carbocycles. The number of hydrogen-bond acceptors (Lipinski definition) is 5. The van der Waals surface area contributed by atoms with Crippen LogP contribution in [0.2, 0.25) is 0 Å². The number of carboxylic acids is 2. The van der Waals surface area contributed by atoms with Crippen molar-refractivity contribution in [1.29, 1.82) is 0 Å². The zero-order valence-electron chi connectivity index (χ0n) is 19.1. The van der Waals surface area contributed by atoms with Crippen LogP contribution in [0, 0.1) is 13.8 Å². The lowest BCUT2D eigenvalue weighted by atomic mass is 10.1. The highest BCUT2D eigenvalue weighted by atomic mass is 32.2. The zero-order valence-corrected chi connectivity index (χ0v) is 19.9. The molecule has 0 saturated carbocycles. The number of nitrogens with zero attached hydrogens (tertiary/aromatic N) is 1. The molecule has 0 heterocycles. The molecular weight excluding hydrogens is 477 g/mol. The number of alkyl halides is 3. The third kappa shape index (κ3) is 8.58. The van der Waals surface area contributed by atoms with Crippen molar-refractivity contribution in [1.82, 2.24) is 0 Å². The van der Waals surface area contributed by atoms with Crippen LogP contribution in [0.15, 0.2) is 41.3 Å². The lowest BCUT2D eigenvalue weighted by Crippen LogP contribution is -2.21. The summed E-state index contributed by atoms with van der Waals surface area (Å²) in [5.74, 6) is -3.85. The molecule has 2 aromatic rings. The van der Waals surface area contributed by atoms with E-state index in [1.54, 1.807) is 24.3 Å². The Morgan fingerprint density at radius 2 is 1.56 bits per heavy atom. The second kappa shape index (κ2) is 11.7. The smallest absolute Gasteiger partial charge is 0.478 e. The van der Waals surface area contributed by atoms with Crippen LogP contribution < -0.4 is 9.62 Å². The molecule has 188 valence electrons. The number of rotatable bonds is 8. The fraction of sp³-hybridized carbons (Fsp3) is 0.364. The summed E-state index contributed by atoms with van der Waals surface area (Å²) in [6.07, 6.45) is -3.14. The van der Waals surface area contributed by atoms with E-state index < -0.39 is 28.1 Å². The third-order valence-electron chi connectivity index (χ3n) is 4.49. The van der Waals surface area contributed by atoms with Crippen LogP contribution in [0.4, 0.5) is 24.5 Å². The van der Waals surface area contributed by atoms with E-state index in [1.807, 2.05) is 31.9 Å². The number of sulfonamides is 1. The molecule has 0 radical (unpaired) electrons. The molecule has 3 N–H and O–H groups in total. The first kappa shape index (κ1) is 28.8. The van der Waals surface area contributed by atoms with Gasteiger partial charge in [-0.05, 0) is 61.7 Å². The first-order valence-electron chi connectivity index (χ1n) is 10.1. The normalized spacial score (nSPS) is 11.3. The number of unbranched alkanes of at least 4 members (excludes halogenated alkanes) is 1. The average molecular weight is 505 g/mol. The highest BCUT2D eigenvalue weighted by Crippen LogP contribution is 2.26. The molecule has 0 atom stereocenters. The van der Waals surface area contributed by atoms with E-state index in [4.69, 9.17) is 9.90 Å². The molecule has 8 nitrogen and oxygen atoms in total. The minimum atomic E-state index is -5.08. The first-order chi connectivity index (χ1) is 15.6. The maximum atomic E-state index is 12.7. The lowest BCUT2D eigenvalue weighted by molar-refractivity contribution is -0.192. The van der Waals surface area contributed by atoms with E-state index in [-0.39, 0.29) is 16.1 Å². The van der Waals surface area contributed by atoms with E-state index in [9.17, 15) is 31.5 Å². The van der Waals surface area contributed by atoms with Crippen LogP contribution in [0.25, 0.3) is 0 Å². The van der Waals surface area contributed by atoms with Crippen LogP contribution in [-0.2, 0) is 14.8 Å². The molecule has 0 spiro atoms. The lowest BCUT2D eigenvalue weighted by Gasteiger charge is -2.21. The van der Waals surface area contributed by atoms with Crippen LogP contribution in [0.3, 0.4) is 0 Å². The Bertz CT molecular complexity index is 1110. The second-order valence-corrected chi connectivity index (χ2v) is 9.23. The summed E-state index contributed by atoms with van der Waals surface area (Å²) >= 11 is 0. The summed E-state index contributed by atoms with van der Waals surface area (Å²) in [4.78, 5) is 22.6.